The van der Waals surface area contributed by atoms with Gasteiger partial charge in [-0.2, -0.15) is 0 Å². The third-order valence-electron chi connectivity index (χ3n) is 3.41. The van der Waals surface area contributed by atoms with Crippen LogP contribution in [0.2, 0.25) is 0 Å². The molecule has 1 N–H and O–H groups in total. The summed E-state index contributed by atoms with van der Waals surface area (Å²) < 4.78 is 9.22. The van der Waals surface area contributed by atoms with Crippen LogP contribution in [-0.4, -0.2) is 41.9 Å². The summed E-state index contributed by atoms with van der Waals surface area (Å²) in [5.41, 5.74) is -0.266. The minimum Gasteiger partial charge on any atom is -0.453 e. The average molecular weight is 398 g/mol. The molecule has 0 bridgehead atoms. The van der Waals surface area contributed by atoms with E-state index in [2.05, 4.69) is 18.6 Å². The molecular formula is C17H22N2O7S. The number of carbonyl (C=O) groups excluding carboxylic acids is 3. The molecule has 0 heterocycles. The average Bonchev–Trinajstić information content (AvgIpc) is 2.60. The topological polar surface area (TPSA) is 125 Å². The minimum absolute atomic E-state index is 0.0624. The number of alkyl carbamates (subject to hydrolysis) is 1. The molecule has 0 spiro atoms. The van der Waals surface area contributed by atoms with Crippen molar-refractivity contribution in [2.75, 3.05) is 12.9 Å². The smallest absolute Gasteiger partial charge is 0.413 e. The van der Waals surface area contributed by atoms with Crippen LogP contribution in [0.4, 0.5) is 10.5 Å². The Morgan fingerprint density at radius 3 is 2.48 bits per heavy atom. The van der Waals surface area contributed by atoms with E-state index in [9.17, 15) is 24.5 Å². The summed E-state index contributed by atoms with van der Waals surface area (Å²) in [7, 11) is 1.08. The Bertz CT molecular complexity index is 721. The molecule has 148 valence electrons. The van der Waals surface area contributed by atoms with E-state index in [1.807, 2.05) is 5.32 Å². The van der Waals surface area contributed by atoms with Gasteiger partial charge in [0.25, 0.3) is 11.6 Å². The van der Waals surface area contributed by atoms with Crippen molar-refractivity contribution in [2.45, 2.75) is 38.2 Å². The molecule has 1 aromatic rings. The van der Waals surface area contributed by atoms with Gasteiger partial charge in [-0.3, -0.25) is 20.2 Å². The molecule has 0 saturated carbocycles. The summed E-state index contributed by atoms with van der Waals surface area (Å²) in [5, 5.41) is 13.2. The second-order valence-corrected chi connectivity index (χ2v) is 7.14. The number of nitrogens with one attached hydrogen (secondary N) is 1. The zero-order valence-electron chi connectivity index (χ0n) is 15.5. The van der Waals surface area contributed by atoms with Gasteiger partial charge >= 0.3 is 12.1 Å². The SMILES string of the molecule is COC(=O)NC(=O)[C@H](C)OC(=O)c1ccc(SCCC(C)C)c([N+](=O)[O-])c1. The van der Waals surface area contributed by atoms with Crippen LogP contribution in [0.3, 0.4) is 0 Å². The number of esters is 1. The standard InChI is InChI=1S/C17H22N2O7S/c1-10(2)7-8-27-14-6-5-12(9-13(14)19(23)24)16(21)26-11(3)15(20)18-17(22)25-4/h5-6,9-11H,7-8H2,1-4H3,(H,18,20,22)/t11-/m0/s1. The minimum atomic E-state index is -1.28. The van der Waals surface area contributed by atoms with E-state index in [-0.39, 0.29) is 11.3 Å². The Morgan fingerprint density at radius 2 is 1.93 bits per heavy atom. The van der Waals surface area contributed by atoms with Crippen LogP contribution in [0.15, 0.2) is 23.1 Å². The largest absolute Gasteiger partial charge is 0.453 e. The summed E-state index contributed by atoms with van der Waals surface area (Å²) in [6.07, 6.45) is -1.37. The highest BCUT2D eigenvalue weighted by molar-refractivity contribution is 7.99. The molecule has 10 heteroatoms. The highest BCUT2D eigenvalue weighted by Crippen LogP contribution is 2.31. The third-order valence-corrected chi connectivity index (χ3v) is 4.50. The van der Waals surface area contributed by atoms with E-state index in [1.54, 1.807) is 0 Å². The van der Waals surface area contributed by atoms with Crippen molar-refractivity contribution in [3.05, 3.63) is 33.9 Å². The fourth-order valence-electron chi connectivity index (χ4n) is 1.85. The monoisotopic (exact) mass is 398 g/mol. The number of thioether (sulfide) groups is 1. The number of amides is 2. The molecule has 1 rings (SSSR count). The highest BCUT2D eigenvalue weighted by Gasteiger charge is 2.23. The first-order valence-corrected chi connectivity index (χ1v) is 9.15. The van der Waals surface area contributed by atoms with E-state index in [1.165, 1.54) is 30.8 Å². The fourth-order valence-corrected chi connectivity index (χ4v) is 3.10. The van der Waals surface area contributed by atoms with Gasteiger partial charge in [0.15, 0.2) is 6.10 Å². The number of nitro groups is 1. The van der Waals surface area contributed by atoms with Crippen molar-refractivity contribution in [3.63, 3.8) is 0 Å². The maximum absolute atomic E-state index is 12.2. The van der Waals surface area contributed by atoms with Crippen molar-refractivity contribution in [3.8, 4) is 0 Å². The number of benzene rings is 1. The van der Waals surface area contributed by atoms with E-state index < -0.39 is 29.0 Å². The fraction of sp³-hybridized carbons (Fsp3) is 0.471. The van der Waals surface area contributed by atoms with E-state index >= 15 is 0 Å². The number of rotatable bonds is 8. The van der Waals surface area contributed by atoms with Gasteiger partial charge < -0.3 is 9.47 Å². The molecule has 1 atom stereocenters. The summed E-state index contributed by atoms with van der Waals surface area (Å²) in [6.45, 7) is 5.39. The van der Waals surface area contributed by atoms with Gasteiger partial charge in [-0.25, -0.2) is 9.59 Å². The summed E-state index contributed by atoms with van der Waals surface area (Å²) >= 11 is 1.34. The van der Waals surface area contributed by atoms with Gasteiger partial charge in [-0.05, 0) is 37.1 Å². The number of nitrogens with zero attached hydrogens (tertiary/aromatic N) is 1. The molecule has 0 aliphatic carbocycles. The number of carbonyl (C=O) groups is 3. The van der Waals surface area contributed by atoms with Crippen LogP contribution in [0.1, 0.15) is 37.6 Å². The normalized spacial score (nSPS) is 11.6. The first kappa shape index (κ1) is 22.4. The quantitative estimate of drug-likeness (QED) is 0.306. The van der Waals surface area contributed by atoms with Gasteiger partial charge in [0.1, 0.15) is 0 Å². The molecule has 0 unspecified atom stereocenters. The Morgan fingerprint density at radius 1 is 1.26 bits per heavy atom. The van der Waals surface area contributed by atoms with Crippen LogP contribution in [-0.2, 0) is 14.3 Å². The van der Waals surface area contributed by atoms with Gasteiger partial charge in [0.05, 0.1) is 22.5 Å². The van der Waals surface area contributed by atoms with E-state index in [0.717, 1.165) is 19.6 Å². The van der Waals surface area contributed by atoms with Crippen LogP contribution in [0.5, 0.6) is 0 Å². The number of hydrogen-bond donors (Lipinski definition) is 1. The molecule has 0 saturated heterocycles. The van der Waals surface area contributed by atoms with Crippen molar-refractivity contribution in [1.82, 2.24) is 5.32 Å². The van der Waals surface area contributed by atoms with Gasteiger partial charge in [0.2, 0.25) is 0 Å². The predicted molar refractivity (Wildman–Crippen MR) is 98.7 cm³/mol. The third kappa shape index (κ3) is 7.26. The van der Waals surface area contributed by atoms with Crippen LogP contribution >= 0.6 is 11.8 Å². The van der Waals surface area contributed by atoms with Crippen LogP contribution in [0.25, 0.3) is 0 Å². The summed E-state index contributed by atoms with van der Waals surface area (Å²) in [4.78, 5) is 46.0. The van der Waals surface area contributed by atoms with Gasteiger partial charge in [0, 0.05) is 6.07 Å². The van der Waals surface area contributed by atoms with Crippen molar-refractivity contribution < 1.29 is 28.8 Å². The lowest BCUT2D eigenvalue weighted by atomic mass is 10.2. The lowest BCUT2D eigenvalue weighted by molar-refractivity contribution is -0.387. The zero-order chi connectivity index (χ0) is 20.6. The Hall–Kier alpha value is -2.62. The first-order valence-electron chi connectivity index (χ1n) is 8.16. The van der Waals surface area contributed by atoms with Crippen LogP contribution < -0.4 is 5.32 Å². The van der Waals surface area contributed by atoms with Crippen molar-refractivity contribution in [1.29, 1.82) is 0 Å². The second-order valence-electron chi connectivity index (χ2n) is 6.00. The molecule has 2 amide bonds. The van der Waals surface area contributed by atoms with Gasteiger partial charge in [-0.1, -0.05) is 13.8 Å². The second kappa shape index (κ2) is 10.5. The van der Waals surface area contributed by atoms with Crippen LogP contribution in [0, 0.1) is 16.0 Å². The van der Waals surface area contributed by atoms with Gasteiger partial charge in [-0.15, -0.1) is 11.8 Å². The van der Waals surface area contributed by atoms with Crippen molar-refractivity contribution in [2.24, 2.45) is 5.92 Å². The maximum Gasteiger partial charge on any atom is 0.413 e. The van der Waals surface area contributed by atoms with E-state index in [0.29, 0.717) is 16.6 Å². The maximum atomic E-state index is 12.2. The molecule has 1 aromatic carbocycles. The molecule has 0 aromatic heterocycles. The number of methoxy groups -OCH3 is 1. The van der Waals surface area contributed by atoms with E-state index in [4.69, 9.17) is 4.74 Å². The molecular weight excluding hydrogens is 376 g/mol. The Labute approximate surface area is 160 Å². The molecule has 0 fully saturated rings. The first-order chi connectivity index (χ1) is 12.6. The number of nitro benzene ring substituents is 1. The number of hydrogen-bond acceptors (Lipinski definition) is 8. The molecule has 9 nitrogen and oxygen atoms in total. The predicted octanol–water partition coefficient (Wildman–Crippen LogP) is 3.16. The zero-order valence-corrected chi connectivity index (χ0v) is 16.3. The lowest BCUT2D eigenvalue weighted by Gasteiger charge is -2.12. The Balaban J connectivity index is 2.85. The summed E-state index contributed by atoms with van der Waals surface area (Å²) in [6, 6.07) is 4.00. The molecule has 0 aliphatic heterocycles. The number of imide groups is 1. The highest BCUT2D eigenvalue weighted by atomic mass is 32.2. The van der Waals surface area contributed by atoms with Crippen molar-refractivity contribution >= 4 is 35.4 Å². The Kier molecular flexibility index (Phi) is 8.73. The molecule has 27 heavy (non-hydrogen) atoms. The number of ether oxygens (including phenoxy) is 2. The lowest BCUT2D eigenvalue weighted by Crippen LogP contribution is -2.39. The summed E-state index contributed by atoms with van der Waals surface area (Å²) in [5.74, 6) is -0.592. The molecule has 0 radical (unpaired) electrons. The molecule has 0 aliphatic rings.